The lowest BCUT2D eigenvalue weighted by Gasteiger charge is -1.97. The number of pyridine rings is 1. The molecule has 0 radical (unpaired) electrons. The SMILES string of the molecule is Nc1cc(C(=O)O)ncc1Cl. The van der Waals surface area contributed by atoms with Gasteiger partial charge in [-0.05, 0) is 6.07 Å². The summed E-state index contributed by atoms with van der Waals surface area (Å²) in [5.74, 6) is -1.12. The minimum absolute atomic E-state index is 0.105. The molecule has 3 N–H and O–H groups in total. The van der Waals surface area contributed by atoms with E-state index in [0.717, 1.165) is 0 Å². The van der Waals surface area contributed by atoms with E-state index < -0.39 is 5.97 Å². The van der Waals surface area contributed by atoms with Gasteiger partial charge in [-0.25, -0.2) is 9.78 Å². The number of hydrogen-bond acceptors (Lipinski definition) is 3. The number of carboxylic acid groups (broad SMARTS) is 1. The van der Waals surface area contributed by atoms with E-state index >= 15 is 0 Å². The van der Waals surface area contributed by atoms with Crippen molar-refractivity contribution >= 4 is 23.3 Å². The first kappa shape index (κ1) is 7.81. The van der Waals surface area contributed by atoms with Crippen LogP contribution < -0.4 is 5.73 Å². The minimum atomic E-state index is -1.12. The maximum atomic E-state index is 10.3. The van der Waals surface area contributed by atoms with Crippen LogP contribution in [0.2, 0.25) is 5.02 Å². The Hall–Kier alpha value is -1.29. The molecule has 0 saturated carbocycles. The summed E-state index contributed by atoms with van der Waals surface area (Å²) in [5.41, 5.74) is 5.44. The van der Waals surface area contributed by atoms with Gasteiger partial charge >= 0.3 is 5.97 Å². The fourth-order valence-electron chi connectivity index (χ4n) is 0.571. The first-order valence-electron chi connectivity index (χ1n) is 2.75. The van der Waals surface area contributed by atoms with E-state index in [1.54, 1.807) is 0 Å². The van der Waals surface area contributed by atoms with E-state index in [-0.39, 0.29) is 16.4 Å². The molecular weight excluding hydrogens is 168 g/mol. The van der Waals surface area contributed by atoms with Gasteiger partial charge in [0.05, 0.1) is 10.7 Å². The molecule has 1 aromatic rings. The predicted molar refractivity (Wildman–Crippen MR) is 40.6 cm³/mol. The summed E-state index contributed by atoms with van der Waals surface area (Å²) in [5, 5.41) is 8.70. The Morgan fingerprint density at radius 3 is 2.82 bits per heavy atom. The number of anilines is 1. The van der Waals surface area contributed by atoms with Crippen molar-refractivity contribution in [2.24, 2.45) is 0 Å². The number of hydrogen-bond donors (Lipinski definition) is 2. The number of carboxylic acids is 1. The number of carbonyl (C=O) groups is 1. The maximum Gasteiger partial charge on any atom is 0.354 e. The van der Waals surface area contributed by atoms with Crippen molar-refractivity contribution in [3.05, 3.63) is 23.0 Å². The number of aromatic carboxylic acids is 1. The molecule has 1 aromatic heterocycles. The highest BCUT2D eigenvalue weighted by molar-refractivity contribution is 6.33. The Labute approximate surface area is 67.6 Å². The summed E-state index contributed by atoms with van der Waals surface area (Å²) in [7, 11) is 0. The van der Waals surface area contributed by atoms with E-state index in [1.165, 1.54) is 12.3 Å². The highest BCUT2D eigenvalue weighted by atomic mass is 35.5. The van der Waals surface area contributed by atoms with Gasteiger partial charge in [-0.2, -0.15) is 0 Å². The van der Waals surface area contributed by atoms with Crippen molar-refractivity contribution < 1.29 is 9.90 Å². The molecule has 0 aliphatic carbocycles. The zero-order chi connectivity index (χ0) is 8.43. The van der Waals surface area contributed by atoms with Crippen molar-refractivity contribution in [3.63, 3.8) is 0 Å². The van der Waals surface area contributed by atoms with Crippen LogP contribution in [-0.2, 0) is 0 Å². The molecule has 4 nitrogen and oxygen atoms in total. The van der Waals surface area contributed by atoms with Gasteiger partial charge in [0.2, 0.25) is 0 Å². The van der Waals surface area contributed by atoms with Crippen LogP contribution in [0.25, 0.3) is 0 Å². The van der Waals surface area contributed by atoms with Crippen LogP contribution in [0.4, 0.5) is 5.69 Å². The topological polar surface area (TPSA) is 76.2 Å². The number of halogens is 1. The van der Waals surface area contributed by atoms with Crippen molar-refractivity contribution in [1.82, 2.24) is 4.98 Å². The van der Waals surface area contributed by atoms with E-state index in [4.69, 9.17) is 22.4 Å². The summed E-state index contributed by atoms with van der Waals surface area (Å²) in [4.78, 5) is 13.8. The molecule has 1 heterocycles. The normalized spacial score (nSPS) is 9.55. The molecule has 5 heteroatoms. The molecule has 0 unspecified atom stereocenters. The average Bonchev–Trinajstić information content (AvgIpc) is 1.94. The standard InChI is InChI=1S/C6H5ClN2O2/c7-3-2-9-5(6(10)11)1-4(3)8/h1-2H,(H2,8,9)(H,10,11). The lowest BCUT2D eigenvalue weighted by Crippen LogP contribution is -2.01. The fourth-order valence-corrected chi connectivity index (χ4v) is 0.675. The lowest BCUT2D eigenvalue weighted by molar-refractivity contribution is 0.0690. The van der Waals surface area contributed by atoms with E-state index in [0.29, 0.717) is 0 Å². The van der Waals surface area contributed by atoms with Crippen molar-refractivity contribution in [2.75, 3.05) is 5.73 Å². The van der Waals surface area contributed by atoms with Crippen LogP contribution in [0.1, 0.15) is 10.5 Å². The Kier molecular flexibility index (Phi) is 1.96. The Morgan fingerprint density at radius 2 is 2.36 bits per heavy atom. The summed E-state index contributed by atoms with van der Waals surface area (Å²) >= 11 is 5.50. The second-order valence-corrected chi connectivity index (χ2v) is 2.30. The van der Waals surface area contributed by atoms with Gasteiger partial charge in [0.15, 0.2) is 0 Å². The third kappa shape index (κ3) is 1.59. The fraction of sp³-hybridized carbons (Fsp3) is 0. The summed E-state index contributed by atoms with van der Waals surface area (Å²) in [6, 6.07) is 1.21. The van der Waals surface area contributed by atoms with Crippen LogP contribution in [0.3, 0.4) is 0 Å². The van der Waals surface area contributed by atoms with Crippen LogP contribution in [0.15, 0.2) is 12.3 Å². The minimum Gasteiger partial charge on any atom is -0.477 e. The molecule has 1 rings (SSSR count). The zero-order valence-electron chi connectivity index (χ0n) is 5.41. The third-order valence-corrected chi connectivity index (χ3v) is 1.42. The molecule has 0 aromatic carbocycles. The van der Waals surface area contributed by atoms with Gasteiger partial charge in [0.1, 0.15) is 5.69 Å². The van der Waals surface area contributed by atoms with Crippen molar-refractivity contribution in [1.29, 1.82) is 0 Å². The summed E-state index contributed by atoms with van der Waals surface area (Å²) in [6.45, 7) is 0. The maximum absolute atomic E-state index is 10.3. The molecule has 0 bridgehead atoms. The largest absolute Gasteiger partial charge is 0.477 e. The van der Waals surface area contributed by atoms with Gasteiger partial charge in [0.25, 0.3) is 0 Å². The molecule has 0 aliphatic heterocycles. The highest BCUT2D eigenvalue weighted by Gasteiger charge is 2.05. The highest BCUT2D eigenvalue weighted by Crippen LogP contribution is 2.16. The van der Waals surface area contributed by atoms with Gasteiger partial charge in [-0.3, -0.25) is 0 Å². The van der Waals surface area contributed by atoms with Crippen LogP contribution >= 0.6 is 11.6 Å². The predicted octanol–water partition coefficient (Wildman–Crippen LogP) is 1.02. The smallest absolute Gasteiger partial charge is 0.354 e. The number of nitrogens with zero attached hydrogens (tertiary/aromatic N) is 1. The van der Waals surface area contributed by atoms with E-state index in [9.17, 15) is 4.79 Å². The molecular formula is C6H5ClN2O2. The van der Waals surface area contributed by atoms with Gasteiger partial charge in [0, 0.05) is 6.20 Å². The average molecular weight is 173 g/mol. The second-order valence-electron chi connectivity index (χ2n) is 1.90. The number of nitrogen functional groups attached to an aromatic ring is 1. The van der Waals surface area contributed by atoms with E-state index in [1.807, 2.05) is 0 Å². The van der Waals surface area contributed by atoms with E-state index in [2.05, 4.69) is 4.98 Å². The molecule has 0 aliphatic rings. The quantitative estimate of drug-likeness (QED) is 0.663. The van der Waals surface area contributed by atoms with Gasteiger partial charge in [-0.15, -0.1) is 0 Å². The van der Waals surface area contributed by atoms with Gasteiger partial charge in [-0.1, -0.05) is 11.6 Å². The molecule has 0 fully saturated rings. The van der Waals surface area contributed by atoms with Crippen molar-refractivity contribution in [2.45, 2.75) is 0 Å². The molecule has 0 spiro atoms. The summed E-state index contributed by atoms with van der Waals surface area (Å²) in [6.07, 6.45) is 1.21. The number of nitrogens with two attached hydrogens (primary N) is 1. The lowest BCUT2D eigenvalue weighted by atomic mass is 10.3. The monoisotopic (exact) mass is 172 g/mol. The zero-order valence-corrected chi connectivity index (χ0v) is 6.17. The Bertz CT molecular complexity index is 301. The first-order chi connectivity index (χ1) is 5.11. The Balaban J connectivity index is 3.15. The first-order valence-corrected chi connectivity index (χ1v) is 3.13. The van der Waals surface area contributed by atoms with Gasteiger partial charge < -0.3 is 10.8 Å². The molecule has 11 heavy (non-hydrogen) atoms. The number of rotatable bonds is 1. The van der Waals surface area contributed by atoms with Crippen molar-refractivity contribution in [3.8, 4) is 0 Å². The molecule has 58 valence electrons. The van der Waals surface area contributed by atoms with Crippen LogP contribution in [0.5, 0.6) is 0 Å². The third-order valence-electron chi connectivity index (χ3n) is 1.10. The van der Waals surface area contributed by atoms with Crippen LogP contribution in [-0.4, -0.2) is 16.1 Å². The molecule has 0 atom stereocenters. The second kappa shape index (κ2) is 2.75. The number of aromatic nitrogens is 1. The molecule has 0 saturated heterocycles. The Morgan fingerprint density at radius 1 is 1.73 bits per heavy atom. The summed E-state index contributed by atoms with van der Waals surface area (Å²) < 4.78 is 0. The van der Waals surface area contributed by atoms with Crippen LogP contribution in [0, 0.1) is 0 Å². The molecule has 0 amide bonds.